The number of rotatable bonds is 7. The van der Waals surface area contributed by atoms with Crippen LogP contribution in [0.5, 0.6) is 0 Å². The van der Waals surface area contributed by atoms with Crippen LogP contribution in [0.1, 0.15) is 0 Å². The molecule has 0 atom stereocenters. The Morgan fingerprint density at radius 1 is 0.323 bits per heavy atom. The van der Waals surface area contributed by atoms with Crippen LogP contribution in [0.25, 0.3) is 104 Å². The average molecular weight is 829 g/mol. The molecule has 0 saturated heterocycles. The fourth-order valence-corrected chi connectivity index (χ4v) is 10.2. The number of hydrogen-bond acceptors (Lipinski definition) is 2. The van der Waals surface area contributed by atoms with Gasteiger partial charge in [0.25, 0.3) is 0 Å². The number of anilines is 3. The largest absolute Gasteiger partial charge is 0.456 e. The summed E-state index contributed by atoms with van der Waals surface area (Å²) in [7, 11) is 0. The van der Waals surface area contributed by atoms with Crippen molar-refractivity contribution in [2.24, 2.45) is 0 Å². The predicted molar refractivity (Wildman–Crippen MR) is 274 cm³/mol. The number of fused-ring (bicyclic) bond motifs is 9. The quantitative estimate of drug-likeness (QED) is 0.149. The van der Waals surface area contributed by atoms with Crippen LogP contribution in [0, 0.1) is 0 Å². The molecule has 0 saturated carbocycles. The molecule has 0 aliphatic rings. The molecule has 3 nitrogen and oxygen atoms in total. The standard InChI is InChI=1S/C62H40N2O/c1-4-16-41(17-5-1)42-28-31-47(32-29-42)63(46-21-8-3-9-22-46)48-33-35-49(36-34-48)64-56-39-45(55-38-44-20-10-11-23-50(44)51-24-12-13-25-52(51)55)30-37-53(56)61-57(64)40-59-62(54-26-14-15-27-58(54)65-59)60(61)43-18-6-2-7-19-43/h1-40H. The highest BCUT2D eigenvalue weighted by molar-refractivity contribution is 6.27. The number of benzene rings is 11. The highest BCUT2D eigenvalue weighted by Gasteiger charge is 2.24. The molecule has 0 unspecified atom stereocenters. The van der Waals surface area contributed by atoms with Gasteiger partial charge in [0.15, 0.2) is 0 Å². The minimum atomic E-state index is 0.869. The lowest BCUT2D eigenvalue weighted by atomic mass is 9.92. The van der Waals surface area contributed by atoms with Crippen molar-refractivity contribution in [1.29, 1.82) is 0 Å². The maximum absolute atomic E-state index is 6.76. The van der Waals surface area contributed by atoms with E-state index in [9.17, 15) is 0 Å². The van der Waals surface area contributed by atoms with Crippen LogP contribution in [0.3, 0.4) is 0 Å². The van der Waals surface area contributed by atoms with Gasteiger partial charge in [0, 0.05) is 55.9 Å². The Balaban J connectivity index is 1.06. The van der Waals surface area contributed by atoms with Crippen LogP contribution in [0.4, 0.5) is 17.1 Å². The van der Waals surface area contributed by atoms with E-state index in [0.717, 1.165) is 61.3 Å². The Hall–Kier alpha value is -8.66. The molecule has 3 heteroatoms. The van der Waals surface area contributed by atoms with Crippen LogP contribution >= 0.6 is 0 Å². The van der Waals surface area contributed by atoms with E-state index >= 15 is 0 Å². The molecule has 0 fully saturated rings. The molecule has 2 aromatic heterocycles. The molecular formula is C62H40N2O. The second-order valence-electron chi connectivity index (χ2n) is 16.8. The van der Waals surface area contributed by atoms with Crippen LogP contribution in [0.2, 0.25) is 0 Å². The summed E-state index contributed by atoms with van der Waals surface area (Å²) in [6, 6.07) is 87.6. The summed E-state index contributed by atoms with van der Waals surface area (Å²) in [5.74, 6) is 0. The van der Waals surface area contributed by atoms with Crippen molar-refractivity contribution < 1.29 is 4.42 Å². The van der Waals surface area contributed by atoms with Gasteiger partial charge in [0.1, 0.15) is 11.2 Å². The van der Waals surface area contributed by atoms with Gasteiger partial charge in [-0.25, -0.2) is 0 Å². The van der Waals surface area contributed by atoms with Gasteiger partial charge in [-0.05, 0) is 116 Å². The topological polar surface area (TPSA) is 21.3 Å². The smallest absolute Gasteiger partial charge is 0.138 e. The summed E-state index contributed by atoms with van der Waals surface area (Å²) >= 11 is 0. The van der Waals surface area contributed by atoms with E-state index in [1.165, 1.54) is 60.1 Å². The number of nitrogens with zero attached hydrogens (tertiary/aromatic N) is 2. The molecule has 0 aliphatic heterocycles. The van der Waals surface area contributed by atoms with Crippen LogP contribution < -0.4 is 4.90 Å². The van der Waals surface area contributed by atoms with E-state index in [-0.39, 0.29) is 0 Å². The van der Waals surface area contributed by atoms with Gasteiger partial charge in [-0.3, -0.25) is 0 Å². The lowest BCUT2D eigenvalue weighted by Crippen LogP contribution is -2.10. The van der Waals surface area contributed by atoms with Crippen LogP contribution in [-0.2, 0) is 0 Å². The van der Waals surface area contributed by atoms with Gasteiger partial charge in [0.05, 0.1) is 11.0 Å². The third kappa shape index (κ3) is 6.05. The van der Waals surface area contributed by atoms with Gasteiger partial charge < -0.3 is 13.9 Å². The van der Waals surface area contributed by atoms with E-state index in [0.29, 0.717) is 0 Å². The van der Waals surface area contributed by atoms with Crippen LogP contribution in [0.15, 0.2) is 247 Å². The van der Waals surface area contributed by atoms with Crippen molar-refractivity contribution in [3.8, 4) is 39.1 Å². The molecule has 0 bridgehead atoms. The zero-order valence-electron chi connectivity index (χ0n) is 35.4. The van der Waals surface area contributed by atoms with Gasteiger partial charge in [-0.2, -0.15) is 0 Å². The van der Waals surface area contributed by atoms with E-state index in [2.05, 4.69) is 252 Å². The monoisotopic (exact) mass is 828 g/mol. The average Bonchev–Trinajstić information content (AvgIpc) is 3.91. The van der Waals surface area contributed by atoms with E-state index in [1.807, 2.05) is 0 Å². The summed E-state index contributed by atoms with van der Waals surface area (Å²) in [6.07, 6.45) is 0. The Bertz CT molecular complexity index is 3910. The van der Waals surface area contributed by atoms with Crippen LogP contribution in [-0.4, -0.2) is 4.57 Å². The predicted octanol–water partition coefficient (Wildman–Crippen LogP) is 17.5. The zero-order chi connectivity index (χ0) is 42.8. The first-order chi connectivity index (χ1) is 32.2. The summed E-state index contributed by atoms with van der Waals surface area (Å²) in [6.45, 7) is 0. The molecule has 0 aliphatic carbocycles. The molecule has 0 spiro atoms. The summed E-state index contributed by atoms with van der Waals surface area (Å²) in [5.41, 5.74) is 15.4. The molecule has 304 valence electrons. The number of aromatic nitrogens is 1. The molecule has 0 radical (unpaired) electrons. The Morgan fingerprint density at radius 3 is 1.62 bits per heavy atom. The number of hydrogen-bond donors (Lipinski definition) is 0. The number of furan rings is 1. The van der Waals surface area contributed by atoms with E-state index in [4.69, 9.17) is 4.42 Å². The zero-order valence-corrected chi connectivity index (χ0v) is 35.4. The molecule has 11 aromatic carbocycles. The van der Waals surface area contributed by atoms with Gasteiger partial charge in [0.2, 0.25) is 0 Å². The Kier molecular flexibility index (Phi) is 8.53. The summed E-state index contributed by atoms with van der Waals surface area (Å²) < 4.78 is 9.20. The third-order valence-corrected chi connectivity index (χ3v) is 13.2. The van der Waals surface area contributed by atoms with Crippen molar-refractivity contribution >= 4 is 82.4 Å². The van der Waals surface area contributed by atoms with Gasteiger partial charge in [-0.15, -0.1) is 0 Å². The lowest BCUT2D eigenvalue weighted by Gasteiger charge is -2.26. The van der Waals surface area contributed by atoms with Crippen molar-refractivity contribution in [1.82, 2.24) is 4.57 Å². The maximum Gasteiger partial charge on any atom is 0.138 e. The van der Waals surface area contributed by atoms with Crippen molar-refractivity contribution in [3.05, 3.63) is 243 Å². The molecule has 65 heavy (non-hydrogen) atoms. The van der Waals surface area contributed by atoms with E-state index < -0.39 is 0 Å². The first kappa shape index (κ1) is 36.9. The first-order valence-corrected chi connectivity index (χ1v) is 22.2. The Labute approximate surface area is 376 Å². The molecule has 2 heterocycles. The van der Waals surface area contributed by atoms with Crippen molar-refractivity contribution in [2.75, 3.05) is 4.90 Å². The van der Waals surface area contributed by atoms with Crippen molar-refractivity contribution in [3.63, 3.8) is 0 Å². The minimum Gasteiger partial charge on any atom is -0.456 e. The molecule has 0 amide bonds. The third-order valence-electron chi connectivity index (χ3n) is 13.2. The molecule has 13 rings (SSSR count). The minimum absolute atomic E-state index is 0.869. The van der Waals surface area contributed by atoms with Crippen molar-refractivity contribution in [2.45, 2.75) is 0 Å². The fraction of sp³-hybridized carbons (Fsp3) is 0. The second kappa shape index (κ2) is 15.0. The van der Waals surface area contributed by atoms with E-state index in [1.54, 1.807) is 0 Å². The highest BCUT2D eigenvalue weighted by atomic mass is 16.3. The summed E-state index contributed by atoms with van der Waals surface area (Å²) in [4.78, 5) is 2.33. The highest BCUT2D eigenvalue weighted by Crippen LogP contribution is 2.48. The molecule has 0 N–H and O–H groups in total. The van der Waals surface area contributed by atoms with Gasteiger partial charge in [-0.1, -0.05) is 170 Å². The SMILES string of the molecule is c1ccc(-c2ccc(N(c3ccccc3)c3ccc(-n4c5cc(-c6cc7ccccc7c7ccccc67)ccc5c5c(-c6ccccc6)c6c(cc54)oc4ccccc46)cc3)cc2)cc1. The lowest BCUT2D eigenvalue weighted by molar-refractivity contribution is 0.669. The first-order valence-electron chi connectivity index (χ1n) is 22.2. The maximum atomic E-state index is 6.76. The summed E-state index contributed by atoms with van der Waals surface area (Å²) in [5, 5.41) is 9.63. The fourth-order valence-electron chi connectivity index (χ4n) is 10.2. The Morgan fingerprint density at radius 2 is 0.877 bits per heavy atom. The van der Waals surface area contributed by atoms with Gasteiger partial charge >= 0.3 is 0 Å². The number of para-hydroxylation sites is 2. The normalized spacial score (nSPS) is 11.7. The molecular weight excluding hydrogens is 789 g/mol. The second-order valence-corrected chi connectivity index (χ2v) is 16.8. The molecule has 13 aromatic rings.